The summed E-state index contributed by atoms with van der Waals surface area (Å²) >= 11 is 0. The molecular weight excluding hydrogens is 374 g/mol. The molecule has 0 bridgehead atoms. The van der Waals surface area contributed by atoms with Crippen LogP contribution in [0.4, 0.5) is 8.78 Å². The summed E-state index contributed by atoms with van der Waals surface area (Å²) in [4.78, 5) is 0. The summed E-state index contributed by atoms with van der Waals surface area (Å²) in [6.45, 7) is 7.12. The molecule has 29 heavy (non-hydrogen) atoms. The van der Waals surface area contributed by atoms with E-state index in [0.717, 1.165) is 38.7 Å². The molecule has 0 N–H and O–H groups in total. The van der Waals surface area contributed by atoms with Gasteiger partial charge in [0.15, 0.2) is 11.5 Å². The molecule has 3 rings (SSSR count). The number of allylic oxidation sites excluding steroid dienone is 1. The number of rotatable bonds is 9. The van der Waals surface area contributed by atoms with Gasteiger partial charge in [-0.15, -0.1) is 6.58 Å². The van der Waals surface area contributed by atoms with E-state index in [-0.39, 0.29) is 11.5 Å². The predicted octanol–water partition coefficient (Wildman–Crippen LogP) is 6.31. The number of hydrogen-bond donors (Lipinski definition) is 0. The molecular formula is C24H34F2O3. The number of benzene rings is 1. The van der Waals surface area contributed by atoms with Crippen LogP contribution in [0.2, 0.25) is 0 Å². The fourth-order valence-corrected chi connectivity index (χ4v) is 4.66. The summed E-state index contributed by atoms with van der Waals surface area (Å²) in [5.41, 5.74) is 0. The molecule has 2 fully saturated rings. The average Bonchev–Trinajstić information content (AvgIpc) is 2.76. The lowest BCUT2D eigenvalue weighted by molar-refractivity contribution is -0.0421. The van der Waals surface area contributed by atoms with E-state index in [1.807, 2.05) is 6.08 Å². The maximum absolute atomic E-state index is 14.2. The highest BCUT2D eigenvalue weighted by Gasteiger charge is 2.31. The van der Waals surface area contributed by atoms with Crippen LogP contribution in [-0.2, 0) is 4.74 Å². The van der Waals surface area contributed by atoms with Gasteiger partial charge in [-0.2, -0.15) is 8.78 Å². The summed E-state index contributed by atoms with van der Waals surface area (Å²) in [6.07, 6.45) is 11.4. The molecule has 0 aromatic heterocycles. The van der Waals surface area contributed by atoms with Crippen molar-refractivity contribution in [2.75, 3.05) is 19.8 Å². The van der Waals surface area contributed by atoms with Gasteiger partial charge in [0, 0.05) is 0 Å². The van der Waals surface area contributed by atoms with Crippen molar-refractivity contribution in [1.29, 1.82) is 0 Å². The Morgan fingerprint density at radius 1 is 1.00 bits per heavy atom. The van der Waals surface area contributed by atoms with Crippen molar-refractivity contribution >= 4 is 0 Å². The smallest absolute Gasteiger partial charge is 0.204 e. The third-order valence-electron chi connectivity index (χ3n) is 6.44. The Kier molecular flexibility index (Phi) is 8.34. The van der Waals surface area contributed by atoms with E-state index in [0.29, 0.717) is 37.1 Å². The minimum atomic E-state index is -0.975. The molecule has 1 saturated heterocycles. The SMILES string of the molecule is C=CCCC1CCC(C2CCC(COc3ccc(OCC)c(F)c3F)CC2)CO1. The first-order valence-electron chi connectivity index (χ1n) is 11.1. The van der Waals surface area contributed by atoms with Gasteiger partial charge >= 0.3 is 0 Å². The largest absolute Gasteiger partial charge is 0.491 e. The molecule has 1 saturated carbocycles. The quantitative estimate of drug-likeness (QED) is 0.448. The summed E-state index contributed by atoms with van der Waals surface area (Å²) < 4.78 is 44.9. The molecule has 0 spiro atoms. The molecule has 1 aromatic rings. The van der Waals surface area contributed by atoms with Crippen molar-refractivity contribution in [2.24, 2.45) is 17.8 Å². The lowest BCUT2D eigenvalue weighted by atomic mass is 9.74. The minimum absolute atomic E-state index is 0.0284. The van der Waals surface area contributed by atoms with Gasteiger partial charge in [0.05, 0.1) is 25.9 Å². The molecule has 3 nitrogen and oxygen atoms in total. The normalized spacial score (nSPS) is 27.4. The van der Waals surface area contributed by atoms with Crippen LogP contribution in [0.25, 0.3) is 0 Å². The van der Waals surface area contributed by atoms with E-state index >= 15 is 0 Å². The fourth-order valence-electron chi connectivity index (χ4n) is 4.66. The monoisotopic (exact) mass is 408 g/mol. The van der Waals surface area contributed by atoms with Crippen LogP contribution in [0.1, 0.15) is 58.3 Å². The summed E-state index contributed by atoms with van der Waals surface area (Å²) in [5.74, 6) is -0.267. The number of ether oxygens (including phenoxy) is 3. The zero-order valence-corrected chi connectivity index (χ0v) is 17.5. The molecule has 1 heterocycles. The van der Waals surface area contributed by atoms with Crippen LogP contribution in [0.3, 0.4) is 0 Å². The highest BCUT2D eigenvalue weighted by Crippen LogP contribution is 2.38. The maximum atomic E-state index is 14.2. The van der Waals surface area contributed by atoms with Crippen molar-refractivity contribution in [3.05, 3.63) is 36.4 Å². The topological polar surface area (TPSA) is 27.7 Å². The molecule has 162 valence electrons. The molecule has 1 aliphatic heterocycles. The Bertz CT molecular complexity index is 648. The van der Waals surface area contributed by atoms with Crippen LogP contribution >= 0.6 is 0 Å². The Morgan fingerprint density at radius 2 is 1.66 bits per heavy atom. The Balaban J connectivity index is 1.40. The summed E-state index contributed by atoms with van der Waals surface area (Å²) in [6, 6.07) is 2.89. The lowest BCUT2D eigenvalue weighted by Crippen LogP contribution is -2.33. The van der Waals surface area contributed by atoms with Crippen molar-refractivity contribution in [3.63, 3.8) is 0 Å². The van der Waals surface area contributed by atoms with Crippen LogP contribution in [0.15, 0.2) is 24.8 Å². The molecule has 0 radical (unpaired) electrons. The van der Waals surface area contributed by atoms with E-state index < -0.39 is 11.6 Å². The fraction of sp³-hybridized carbons (Fsp3) is 0.667. The van der Waals surface area contributed by atoms with Gasteiger partial charge in [-0.1, -0.05) is 6.08 Å². The first kappa shape index (κ1) is 22.1. The zero-order chi connectivity index (χ0) is 20.6. The Morgan fingerprint density at radius 3 is 2.24 bits per heavy atom. The average molecular weight is 409 g/mol. The van der Waals surface area contributed by atoms with Gasteiger partial charge in [-0.05, 0) is 88.2 Å². The predicted molar refractivity (Wildman–Crippen MR) is 110 cm³/mol. The third kappa shape index (κ3) is 5.94. The minimum Gasteiger partial charge on any atom is -0.491 e. The highest BCUT2D eigenvalue weighted by molar-refractivity contribution is 5.35. The van der Waals surface area contributed by atoms with Crippen LogP contribution < -0.4 is 9.47 Å². The molecule has 2 aliphatic rings. The number of hydrogen-bond acceptors (Lipinski definition) is 3. The van der Waals surface area contributed by atoms with Gasteiger partial charge in [-0.25, -0.2) is 0 Å². The highest BCUT2D eigenvalue weighted by atomic mass is 19.2. The first-order valence-corrected chi connectivity index (χ1v) is 11.1. The second kappa shape index (κ2) is 11.0. The molecule has 1 aromatic carbocycles. The molecule has 2 atom stereocenters. The summed E-state index contributed by atoms with van der Waals surface area (Å²) in [5, 5.41) is 0. The van der Waals surface area contributed by atoms with Gasteiger partial charge < -0.3 is 14.2 Å². The maximum Gasteiger partial charge on any atom is 0.204 e. The standard InChI is InChI=1S/C24H34F2O3/c1-3-5-6-20-12-11-19(16-28-20)18-9-7-17(8-10-18)15-29-22-14-13-21(27-4-2)23(25)24(22)26/h3,13-14,17-20H,1,4-12,15-16H2,2H3. The lowest BCUT2D eigenvalue weighted by Gasteiger charge is -2.37. The van der Waals surface area contributed by atoms with E-state index in [9.17, 15) is 8.78 Å². The van der Waals surface area contributed by atoms with Crippen molar-refractivity contribution in [2.45, 2.75) is 64.4 Å². The van der Waals surface area contributed by atoms with Crippen LogP contribution in [0.5, 0.6) is 11.5 Å². The van der Waals surface area contributed by atoms with E-state index in [4.69, 9.17) is 14.2 Å². The first-order chi connectivity index (χ1) is 14.1. The van der Waals surface area contributed by atoms with Gasteiger partial charge in [0.25, 0.3) is 0 Å². The molecule has 1 aliphatic carbocycles. The van der Waals surface area contributed by atoms with Gasteiger partial charge in [-0.3, -0.25) is 0 Å². The van der Waals surface area contributed by atoms with Crippen molar-refractivity contribution in [3.8, 4) is 11.5 Å². The number of halogens is 2. The van der Waals surface area contributed by atoms with E-state index in [1.165, 1.54) is 31.4 Å². The molecule has 0 amide bonds. The Labute approximate surface area is 173 Å². The van der Waals surface area contributed by atoms with Crippen LogP contribution in [-0.4, -0.2) is 25.9 Å². The molecule has 5 heteroatoms. The second-order valence-electron chi connectivity index (χ2n) is 8.37. The second-order valence-corrected chi connectivity index (χ2v) is 8.37. The third-order valence-corrected chi connectivity index (χ3v) is 6.44. The van der Waals surface area contributed by atoms with Crippen LogP contribution in [0, 0.1) is 29.4 Å². The Hall–Kier alpha value is -1.62. The van der Waals surface area contributed by atoms with Crippen molar-refractivity contribution < 1.29 is 23.0 Å². The van der Waals surface area contributed by atoms with Gasteiger partial charge in [0.1, 0.15) is 0 Å². The van der Waals surface area contributed by atoms with E-state index in [1.54, 1.807) is 6.92 Å². The van der Waals surface area contributed by atoms with Crippen molar-refractivity contribution in [1.82, 2.24) is 0 Å². The van der Waals surface area contributed by atoms with Gasteiger partial charge in [0.2, 0.25) is 11.6 Å². The summed E-state index contributed by atoms with van der Waals surface area (Å²) in [7, 11) is 0. The zero-order valence-electron chi connectivity index (χ0n) is 17.5. The van der Waals surface area contributed by atoms with E-state index in [2.05, 4.69) is 6.58 Å². The molecule has 2 unspecified atom stereocenters.